The van der Waals surface area contributed by atoms with Crippen molar-refractivity contribution in [2.45, 2.75) is 71.3 Å². The summed E-state index contributed by atoms with van der Waals surface area (Å²) in [4.78, 5) is 21.3. The molecule has 0 heterocycles. The molecule has 0 spiro atoms. The van der Waals surface area contributed by atoms with E-state index < -0.39 is 18.0 Å². The topological polar surface area (TPSA) is 66.4 Å². The van der Waals surface area contributed by atoms with E-state index in [4.69, 9.17) is 0 Å². The van der Waals surface area contributed by atoms with Gasteiger partial charge >= 0.3 is 5.97 Å². The maximum absolute atomic E-state index is 10.7. The molecule has 4 nitrogen and oxygen atoms in total. The predicted octanol–water partition coefficient (Wildman–Crippen LogP) is 1.81. The highest BCUT2D eigenvalue weighted by Crippen LogP contribution is 2.11. The molecule has 1 unspecified atom stereocenters. The smallest absolute Gasteiger partial charge is 0.303 e. The number of carboxylic acids is 1. The number of hydrogen-bond donors (Lipinski definition) is 0. The maximum Gasteiger partial charge on any atom is 0.303 e. The molecule has 0 aliphatic carbocycles. The van der Waals surface area contributed by atoms with Crippen molar-refractivity contribution >= 4 is 11.9 Å². The molecular formula is C13H23O4-. The van der Waals surface area contributed by atoms with Crippen LogP contribution in [-0.4, -0.2) is 18.0 Å². The first-order chi connectivity index (χ1) is 8.07. The molecule has 0 N–H and O–H groups in total. The lowest BCUT2D eigenvalue weighted by Gasteiger charge is -2.17. The Morgan fingerprint density at radius 1 is 1.06 bits per heavy atom. The molecule has 1 atom stereocenters. The summed E-state index contributed by atoms with van der Waals surface area (Å²) in [6, 6.07) is 0. The van der Waals surface area contributed by atoms with Crippen molar-refractivity contribution in [3.8, 4) is 0 Å². The van der Waals surface area contributed by atoms with Crippen LogP contribution in [0, 0.1) is 0 Å². The quantitative estimate of drug-likeness (QED) is 0.433. The third-order valence-corrected chi connectivity index (χ3v) is 2.64. The molecule has 0 saturated heterocycles. The minimum absolute atomic E-state index is 0.357. The van der Waals surface area contributed by atoms with Crippen LogP contribution in [0.5, 0.6) is 0 Å². The minimum atomic E-state index is -1.30. The summed E-state index contributed by atoms with van der Waals surface area (Å²) in [6.07, 6.45) is 7.04. The second-order valence-corrected chi connectivity index (χ2v) is 4.33. The van der Waals surface area contributed by atoms with Crippen LogP contribution in [0.1, 0.15) is 65.2 Å². The molecule has 0 amide bonds. The molecule has 0 radical (unpaired) electrons. The van der Waals surface area contributed by atoms with Crippen LogP contribution in [0.3, 0.4) is 0 Å². The maximum atomic E-state index is 10.7. The minimum Gasteiger partial charge on any atom is -0.546 e. The molecule has 0 aliphatic heterocycles. The van der Waals surface area contributed by atoms with Crippen molar-refractivity contribution in [3.05, 3.63) is 0 Å². The SMILES string of the molecule is CCCCCCCCCC(OC(C)=O)C(=O)[O-]. The van der Waals surface area contributed by atoms with Crippen LogP contribution in [-0.2, 0) is 14.3 Å². The average Bonchev–Trinajstić information content (AvgIpc) is 2.25. The zero-order chi connectivity index (χ0) is 13.1. The van der Waals surface area contributed by atoms with Gasteiger partial charge in [0.2, 0.25) is 0 Å². The Bertz CT molecular complexity index is 225. The van der Waals surface area contributed by atoms with Gasteiger partial charge in [-0.25, -0.2) is 0 Å². The number of unbranched alkanes of at least 4 members (excludes halogenated alkanes) is 6. The van der Waals surface area contributed by atoms with Gasteiger partial charge in [0.15, 0.2) is 0 Å². The van der Waals surface area contributed by atoms with E-state index in [1.807, 2.05) is 0 Å². The Balaban J connectivity index is 3.55. The lowest BCUT2D eigenvalue weighted by Crippen LogP contribution is -2.38. The Hall–Kier alpha value is -1.06. The zero-order valence-corrected chi connectivity index (χ0v) is 10.9. The van der Waals surface area contributed by atoms with E-state index in [1.54, 1.807) is 0 Å². The van der Waals surface area contributed by atoms with E-state index in [2.05, 4.69) is 11.7 Å². The zero-order valence-electron chi connectivity index (χ0n) is 10.9. The van der Waals surface area contributed by atoms with Crippen molar-refractivity contribution in [3.63, 3.8) is 0 Å². The summed E-state index contributed by atoms with van der Waals surface area (Å²) in [5, 5.41) is 10.7. The molecule has 17 heavy (non-hydrogen) atoms. The number of hydrogen-bond acceptors (Lipinski definition) is 4. The fourth-order valence-electron chi connectivity index (χ4n) is 1.71. The van der Waals surface area contributed by atoms with E-state index in [0.29, 0.717) is 6.42 Å². The molecule has 0 saturated carbocycles. The van der Waals surface area contributed by atoms with Gasteiger partial charge in [0.25, 0.3) is 0 Å². The fourth-order valence-corrected chi connectivity index (χ4v) is 1.71. The van der Waals surface area contributed by atoms with E-state index in [1.165, 1.54) is 32.6 Å². The van der Waals surface area contributed by atoms with E-state index in [0.717, 1.165) is 19.3 Å². The number of ether oxygens (including phenoxy) is 1. The first-order valence-electron chi connectivity index (χ1n) is 6.46. The molecule has 0 aromatic heterocycles. The molecule has 0 fully saturated rings. The Labute approximate surface area is 103 Å². The van der Waals surface area contributed by atoms with Crippen LogP contribution >= 0.6 is 0 Å². The van der Waals surface area contributed by atoms with Gasteiger partial charge in [0, 0.05) is 6.92 Å². The van der Waals surface area contributed by atoms with Crippen molar-refractivity contribution < 1.29 is 19.4 Å². The highest BCUT2D eigenvalue weighted by atomic mass is 16.6. The summed E-state index contributed by atoms with van der Waals surface area (Å²) in [5.74, 6) is -1.87. The second kappa shape index (κ2) is 10.1. The molecule has 4 heteroatoms. The van der Waals surface area contributed by atoms with Crippen LogP contribution in [0.15, 0.2) is 0 Å². The van der Waals surface area contributed by atoms with Gasteiger partial charge in [-0.2, -0.15) is 0 Å². The fraction of sp³-hybridized carbons (Fsp3) is 0.846. The monoisotopic (exact) mass is 243 g/mol. The molecule has 0 aliphatic rings. The van der Waals surface area contributed by atoms with Crippen LogP contribution < -0.4 is 5.11 Å². The van der Waals surface area contributed by atoms with Crippen LogP contribution in [0.25, 0.3) is 0 Å². The average molecular weight is 243 g/mol. The van der Waals surface area contributed by atoms with Gasteiger partial charge in [0.05, 0.1) is 5.97 Å². The molecule has 100 valence electrons. The number of esters is 1. The molecule has 0 aromatic rings. The third-order valence-electron chi connectivity index (χ3n) is 2.64. The van der Waals surface area contributed by atoms with Gasteiger partial charge in [-0.1, -0.05) is 45.4 Å². The van der Waals surface area contributed by atoms with E-state index in [-0.39, 0.29) is 0 Å². The predicted molar refractivity (Wildman–Crippen MR) is 63.2 cm³/mol. The highest BCUT2D eigenvalue weighted by molar-refractivity contribution is 5.75. The Morgan fingerprint density at radius 3 is 2.06 bits per heavy atom. The highest BCUT2D eigenvalue weighted by Gasteiger charge is 2.12. The summed E-state index contributed by atoms with van der Waals surface area (Å²) < 4.78 is 4.66. The summed E-state index contributed by atoms with van der Waals surface area (Å²) in [7, 11) is 0. The van der Waals surface area contributed by atoms with Gasteiger partial charge in [-0.3, -0.25) is 4.79 Å². The molecule has 0 bridgehead atoms. The van der Waals surface area contributed by atoms with E-state index in [9.17, 15) is 14.7 Å². The van der Waals surface area contributed by atoms with Gasteiger partial charge in [0.1, 0.15) is 6.10 Å². The van der Waals surface area contributed by atoms with Crippen molar-refractivity contribution in [2.75, 3.05) is 0 Å². The normalized spacial score (nSPS) is 12.1. The van der Waals surface area contributed by atoms with Crippen LogP contribution in [0.4, 0.5) is 0 Å². The van der Waals surface area contributed by atoms with Gasteiger partial charge in [-0.15, -0.1) is 0 Å². The number of rotatable bonds is 10. The van der Waals surface area contributed by atoms with Crippen LogP contribution in [0.2, 0.25) is 0 Å². The van der Waals surface area contributed by atoms with Gasteiger partial charge < -0.3 is 14.6 Å². The largest absolute Gasteiger partial charge is 0.546 e. The molecule has 0 rings (SSSR count). The lowest BCUT2D eigenvalue weighted by atomic mass is 10.1. The summed E-state index contributed by atoms with van der Waals surface area (Å²) in [5.41, 5.74) is 0. The third kappa shape index (κ3) is 9.85. The van der Waals surface area contributed by atoms with Gasteiger partial charge in [-0.05, 0) is 12.8 Å². The summed E-state index contributed by atoms with van der Waals surface area (Å²) in [6.45, 7) is 3.38. The van der Waals surface area contributed by atoms with Crippen molar-refractivity contribution in [2.24, 2.45) is 0 Å². The standard InChI is InChI=1S/C13H24O4/c1-3-4-5-6-7-8-9-10-12(13(15)16)17-11(2)14/h12H,3-10H2,1-2H3,(H,15,16)/p-1. The number of carbonyl (C=O) groups excluding carboxylic acids is 2. The Morgan fingerprint density at radius 2 is 1.59 bits per heavy atom. The number of carbonyl (C=O) groups is 2. The van der Waals surface area contributed by atoms with Crippen molar-refractivity contribution in [1.29, 1.82) is 0 Å². The first kappa shape index (κ1) is 15.9. The summed E-state index contributed by atoms with van der Waals surface area (Å²) >= 11 is 0. The lowest BCUT2D eigenvalue weighted by molar-refractivity contribution is -0.315. The molecule has 0 aromatic carbocycles. The molecular weight excluding hydrogens is 220 g/mol. The Kier molecular flexibility index (Phi) is 9.49. The first-order valence-corrected chi connectivity index (χ1v) is 6.46. The second-order valence-electron chi connectivity index (χ2n) is 4.33. The van der Waals surface area contributed by atoms with Crippen molar-refractivity contribution in [1.82, 2.24) is 0 Å². The number of carboxylic acid groups (broad SMARTS) is 1. The van der Waals surface area contributed by atoms with E-state index >= 15 is 0 Å². The number of aliphatic carboxylic acids is 1.